The third-order valence-electron chi connectivity index (χ3n) is 2.14. The van der Waals surface area contributed by atoms with Gasteiger partial charge in [-0.1, -0.05) is 0 Å². The second-order valence-corrected chi connectivity index (χ2v) is 3.95. The first-order valence-electron chi connectivity index (χ1n) is 5.82. The summed E-state index contributed by atoms with van der Waals surface area (Å²) in [5.74, 6) is -1.02. The molecule has 0 aliphatic rings. The first kappa shape index (κ1) is 16.6. The highest BCUT2D eigenvalue weighted by atomic mass is 19.4. The standard InChI is InChI=1S/C12H13F3N2O4/c13-12(14,15)7-21-9-3-1-8(2-4-9)17-11(20)16-6-5-10(18)19/h1-4H,5-7H2,(H,18,19)(H2,16,17,20). The number of benzene rings is 1. The molecule has 0 atom stereocenters. The summed E-state index contributed by atoms with van der Waals surface area (Å²) in [6.45, 7) is -1.43. The largest absolute Gasteiger partial charge is 0.484 e. The maximum absolute atomic E-state index is 11.9. The van der Waals surface area contributed by atoms with Crippen LogP contribution in [0, 0.1) is 0 Å². The van der Waals surface area contributed by atoms with Crippen molar-refractivity contribution in [3.8, 4) is 5.75 Å². The van der Waals surface area contributed by atoms with Gasteiger partial charge < -0.3 is 20.5 Å². The quantitative estimate of drug-likeness (QED) is 0.752. The number of alkyl halides is 3. The van der Waals surface area contributed by atoms with Crippen LogP contribution in [0.2, 0.25) is 0 Å². The fraction of sp³-hybridized carbons (Fsp3) is 0.333. The lowest BCUT2D eigenvalue weighted by atomic mass is 10.3. The molecule has 0 aromatic heterocycles. The monoisotopic (exact) mass is 306 g/mol. The maximum Gasteiger partial charge on any atom is 0.422 e. The number of hydrogen-bond acceptors (Lipinski definition) is 3. The van der Waals surface area contributed by atoms with Gasteiger partial charge in [0.15, 0.2) is 6.61 Å². The number of anilines is 1. The number of halogens is 3. The molecule has 3 N–H and O–H groups in total. The van der Waals surface area contributed by atoms with Gasteiger partial charge in [0, 0.05) is 12.2 Å². The number of carbonyl (C=O) groups excluding carboxylic acids is 1. The van der Waals surface area contributed by atoms with Crippen LogP contribution in [0.3, 0.4) is 0 Å². The molecule has 0 saturated carbocycles. The van der Waals surface area contributed by atoms with E-state index in [-0.39, 0.29) is 18.7 Å². The Balaban J connectivity index is 2.40. The summed E-state index contributed by atoms with van der Waals surface area (Å²) in [5, 5.41) is 13.1. The molecule has 0 fully saturated rings. The van der Waals surface area contributed by atoms with Crippen molar-refractivity contribution in [1.82, 2.24) is 5.32 Å². The van der Waals surface area contributed by atoms with Crippen molar-refractivity contribution < 1.29 is 32.6 Å². The smallest absolute Gasteiger partial charge is 0.422 e. The maximum atomic E-state index is 11.9. The predicted octanol–water partition coefficient (Wildman–Crippen LogP) is 2.22. The second kappa shape index (κ2) is 7.36. The number of hydrogen-bond donors (Lipinski definition) is 3. The van der Waals surface area contributed by atoms with Crippen molar-refractivity contribution in [3.05, 3.63) is 24.3 Å². The summed E-state index contributed by atoms with van der Waals surface area (Å²) in [5.41, 5.74) is 0.335. The number of carboxylic acids is 1. The van der Waals surface area contributed by atoms with E-state index in [1.165, 1.54) is 24.3 Å². The average molecular weight is 306 g/mol. The number of aliphatic carboxylic acids is 1. The van der Waals surface area contributed by atoms with Crippen LogP contribution >= 0.6 is 0 Å². The number of nitrogens with one attached hydrogen (secondary N) is 2. The lowest BCUT2D eigenvalue weighted by Gasteiger charge is -2.10. The van der Waals surface area contributed by atoms with Crippen LogP contribution in [-0.2, 0) is 4.79 Å². The van der Waals surface area contributed by atoms with Gasteiger partial charge in [0.2, 0.25) is 0 Å². The van der Waals surface area contributed by atoms with Gasteiger partial charge in [0.05, 0.1) is 6.42 Å². The molecular formula is C12H13F3N2O4. The van der Waals surface area contributed by atoms with Crippen molar-refractivity contribution >= 4 is 17.7 Å². The topological polar surface area (TPSA) is 87.7 Å². The lowest BCUT2D eigenvalue weighted by Crippen LogP contribution is -2.30. The van der Waals surface area contributed by atoms with E-state index in [1.54, 1.807) is 0 Å². The highest BCUT2D eigenvalue weighted by Crippen LogP contribution is 2.20. The van der Waals surface area contributed by atoms with Crippen LogP contribution in [0.1, 0.15) is 6.42 Å². The van der Waals surface area contributed by atoms with Gasteiger partial charge in [-0.05, 0) is 24.3 Å². The van der Waals surface area contributed by atoms with Crippen molar-refractivity contribution in [2.45, 2.75) is 12.6 Å². The van der Waals surface area contributed by atoms with E-state index >= 15 is 0 Å². The third-order valence-corrected chi connectivity index (χ3v) is 2.14. The van der Waals surface area contributed by atoms with Crippen LogP contribution in [0.5, 0.6) is 5.75 Å². The van der Waals surface area contributed by atoms with E-state index in [0.717, 1.165) is 0 Å². The molecule has 1 aromatic carbocycles. The summed E-state index contributed by atoms with van der Waals surface area (Å²) in [6, 6.07) is 4.67. The number of urea groups is 1. The number of carbonyl (C=O) groups is 2. The first-order chi connectivity index (χ1) is 9.76. The van der Waals surface area contributed by atoms with E-state index in [9.17, 15) is 22.8 Å². The van der Waals surface area contributed by atoms with Crippen LogP contribution in [0.25, 0.3) is 0 Å². The summed E-state index contributed by atoms with van der Waals surface area (Å²) in [6.07, 6.45) is -4.63. The summed E-state index contributed by atoms with van der Waals surface area (Å²) in [4.78, 5) is 21.6. The molecule has 0 bridgehead atoms. The number of amides is 2. The Kier molecular flexibility index (Phi) is 5.82. The fourth-order valence-electron chi connectivity index (χ4n) is 1.26. The molecule has 6 nitrogen and oxygen atoms in total. The van der Waals surface area contributed by atoms with Gasteiger partial charge in [-0.2, -0.15) is 13.2 Å². The Labute approximate surface area is 117 Å². The molecule has 1 aromatic rings. The summed E-state index contributed by atoms with van der Waals surface area (Å²) in [7, 11) is 0. The molecule has 1 rings (SSSR count). The molecule has 9 heteroatoms. The minimum absolute atomic E-state index is 0.0177. The summed E-state index contributed by atoms with van der Waals surface area (Å²) < 4.78 is 40.3. The Morgan fingerprint density at radius 2 is 1.81 bits per heavy atom. The van der Waals surface area contributed by atoms with Gasteiger partial charge in [-0.25, -0.2) is 4.79 Å². The van der Waals surface area contributed by atoms with Crippen molar-refractivity contribution in [2.75, 3.05) is 18.5 Å². The molecule has 0 heterocycles. The minimum atomic E-state index is -4.42. The minimum Gasteiger partial charge on any atom is -0.484 e. The molecule has 116 valence electrons. The average Bonchev–Trinajstić information content (AvgIpc) is 2.36. The molecule has 0 unspecified atom stereocenters. The van der Waals surface area contributed by atoms with Gasteiger partial charge in [0.25, 0.3) is 0 Å². The van der Waals surface area contributed by atoms with E-state index in [0.29, 0.717) is 5.69 Å². The van der Waals surface area contributed by atoms with E-state index in [1.807, 2.05) is 0 Å². The molecule has 0 radical (unpaired) electrons. The number of ether oxygens (including phenoxy) is 1. The first-order valence-corrected chi connectivity index (χ1v) is 5.82. The molecule has 0 aliphatic carbocycles. The van der Waals surface area contributed by atoms with Crippen LogP contribution in [0.4, 0.5) is 23.7 Å². The normalized spacial score (nSPS) is 10.8. The van der Waals surface area contributed by atoms with Gasteiger partial charge in [-0.15, -0.1) is 0 Å². The third kappa shape index (κ3) is 7.65. The number of carboxylic acid groups (broad SMARTS) is 1. The second-order valence-electron chi connectivity index (χ2n) is 3.95. The Morgan fingerprint density at radius 1 is 1.19 bits per heavy atom. The molecule has 21 heavy (non-hydrogen) atoms. The highest BCUT2D eigenvalue weighted by molar-refractivity contribution is 5.89. The molecular weight excluding hydrogens is 293 g/mol. The highest BCUT2D eigenvalue weighted by Gasteiger charge is 2.28. The molecule has 0 spiro atoms. The van der Waals surface area contributed by atoms with Gasteiger partial charge in [0.1, 0.15) is 5.75 Å². The zero-order chi connectivity index (χ0) is 15.9. The van der Waals surface area contributed by atoms with E-state index < -0.39 is 24.8 Å². The zero-order valence-electron chi connectivity index (χ0n) is 10.7. The number of rotatable bonds is 6. The Morgan fingerprint density at radius 3 is 2.33 bits per heavy atom. The SMILES string of the molecule is O=C(O)CCNC(=O)Nc1ccc(OCC(F)(F)F)cc1. The van der Waals surface area contributed by atoms with Crippen LogP contribution in [0.15, 0.2) is 24.3 Å². The van der Waals surface area contributed by atoms with Crippen molar-refractivity contribution in [3.63, 3.8) is 0 Å². The van der Waals surface area contributed by atoms with E-state index in [2.05, 4.69) is 15.4 Å². The molecule has 0 saturated heterocycles. The zero-order valence-corrected chi connectivity index (χ0v) is 10.7. The summed E-state index contributed by atoms with van der Waals surface area (Å²) >= 11 is 0. The van der Waals surface area contributed by atoms with Crippen molar-refractivity contribution in [2.24, 2.45) is 0 Å². The fourth-order valence-corrected chi connectivity index (χ4v) is 1.26. The van der Waals surface area contributed by atoms with Crippen LogP contribution < -0.4 is 15.4 Å². The predicted molar refractivity (Wildman–Crippen MR) is 67.3 cm³/mol. The van der Waals surface area contributed by atoms with Gasteiger partial charge >= 0.3 is 18.2 Å². The molecule has 2 amide bonds. The van der Waals surface area contributed by atoms with E-state index in [4.69, 9.17) is 5.11 Å². The Hall–Kier alpha value is -2.45. The van der Waals surface area contributed by atoms with Crippen molar-refractivity contribution in [1.29, 1.82) is 0 Å². The lowest BCUT2D eigenvalue weighted by molar-refractivity contribution is -0.153. The Bertz CT molecular complexity index is 488. The molecule has 0 aliphatic heterocycles. The van der Waals surface area contributed by atoms with Crippen LogP contribution in [-0.4, -0.2) is 36.4 Å². The van der Waals surface area contributed by atoms with Gasteiger partial charge in [-0.3, -0.25) is 4.79 Å².